The summed E-state index contributed by atoms with van der Waals surface area (Å²) in [7, 11) is 0. The molecule has 0 atom stereocenters. The Balaban J connectivity index is 2.64. The molecule has 0 unspecified atom stereocenters. The van der Waals surface area contributed by atoms with Gasteiger partial charge in [-0.25, -0.2) is 0 Å². The topological polar surface area (TPSA) is 43.4 Å². The van der Waals surface area contributed by atoms with Crippen LogP contribution >= 0.6 is 11.6 Å². The summed E-state index contributed by atoms with van der Waals surface area (Å²) in [5, 5.41) is 0.548. The molecule has 3 nitrogen and oxygen atoms in total. The minimum atomic E-state index is -0.424. The van der Waals surface area contributed by atoms with Crippen molar-refractivity contribution in [1.29, 1.82) is 0 Å². The number of hydrogen-bond acceptors (Lipinski definition) is 3. The third kappa shape index (κ3) is 2.29. The third-order valence-electron chi connectivity index (χ3n) is 2.35. The summed E-state index contributed by atoms with van der Waals surface area (Å²) in [5.74, 6) is -0.0474. The minimum Gasteiger partial charge on any atom is -0.426 e. The van der Waals surface area contributed by atoms with E-state index in [0.717, 1.165) is 6.29 Å². The van der Waals surface area contributed by atoms with Crippen molar-refractivity contribution in [2.24, 2.45) is 0 Å². The van der Waals surface area contributed by atoms with E-state index in [1.54, 1.807) is 30.3 Å². The van der Waals surface area contributed by atoms with E-state index >= 15 is 0 Å². The first-order valence-electron chi connectivity index (χ1n) is 4.97. The number of rotatable bonds is 2. The van der Waals surface area contributed by atoms with Gasteiger partial charge in [-0.3, -0.25) is 9.59 Å². The standard InChI is InChI=1S/C13H9ClO3/c1-8(16)17-13-6-9(7-15)11-4-2-10(14)3-5-12(11)13/h2-7H,1H3. The first kappa shape index (κ1) is 11.6. The molecule has 0 saturated carbocycles. The second kappa shape index (κ2) is 4.55. The highest BCUT2D eigenvalue weighted by Crippen LogP contribution is 2.37. The van der Waals surface area contributed by atoms with E-state index in [1.165, 1.54) is 6.92 Å². The molecule has 0 aliphatic heterocycles. The largest absolute Gasteiger partial charge is 0.426 e. The lowest BCUT2D eigenvalue weighted by Gasteiger charge is -2.00. The van der Waals surface area contributed by atoms with Crippen molar-refractivity contribution >= 4 is 23.9 Å². The lowest BCUT2D eigenvalue weighted by atomic mass is 10.1. The van der Waals surface area contributed by atoms with Crippen LogP contribution in [0.3, 0.4) is 0 Å². The second-order valence-corrected chi connectivity index (χ2v) is 3.99. The van der Waals surface area contributed by atoms with E-state index in [1.807, 2.05) is 0 Å². The van der Waals surface area contributed by atoms with Gasteiger partial charge in [0, 0.05) is 23.1 Å². The molecule has 0 heterocycles. The van der Waals surface area contributed by atoms with Crippen molar-refractivity contribution in [3.63, 3.8) is 0 Å². The van der Waals surface area contributed by atoms with Crippen LogP contribution in [0.1, 0.15) is 17.3 Å². The van der Waals surface area contributed by atoms with Gasteiger partial charge in [0.2, 0.25) is 0 Å². The number of hydrogen-bond donors (Lipinski definition) is 0. The van der Waals surface area contributed by atoms with Gasteiger partial charge in [-0.1, -0.05) is 17.7 Å². The van der Waals surface area contributed by atoms with Crippen LogP contribution in [0.2, 0.25) is 5.02 Å². The maximum absolute atomic E-state index is 11.0. The van der Waals surface area contributed by atoms with Gasteiger partial charge in [0.25, 0.3) is 0 Å². The molecular weight excluding hydrogens is 240 g/mol. The molecule has 0 radical (unpaired) electrons. The van der Waals surface area contributed by atoms with Crippen LogP contribution in [-0.2, 0) is 4.79 Å². The van der Waals surface area contributed by atoms with Gasteiger partial charge < -0.3 is 4.74 Å². The van der Waals surface area contributed by atoms with Crippen LogP contribution in [-0.4, -0.2) is 12.3 Å². The predicted molar refractivity (Wildman–Crippen MR) is 64.8 cm³/mol. The normalized spacial score (nSPS) is 10.2. The highest BCUT2D eigenvalue weighted by atomic mass is 35.5. The van der Waals surface area contributed by atoms with Crippen molar-refractivity contribution in [3.8, 4) is 16.9 Å². The lowest BCUT2D eigenvalue weighted by Crippen LogP contribution is -2.00. The number of ether oxygens (including phenoxy) is 1. The summed E-state index contributed by atoms with van der Waals surface area (Å²) in [6, 6.07) is 8.38. The Bertz CT molecular complexity index is 563. The van der Waals surface area contributed by atoms with Gasteiger partial charge in [0.1, 0.15) is 5.75 Å². The molecule has 0 aromatic carbocycles. The SMILES string of the molecule is CC(=O)Oc1cc(C=O)c2ccc(Cl)ccc1-2. The summed E-state index contributed by atoms with van der Waals surface area (Å²) >= 11 is 5.87. The van der Waals surface area contributed by atoms with Crippen LogP contribution in [0.25, 0.3) is 11.1 Å². The van der Waals surface area contributed by atoms with Gasteiger partial charge >= 0.3 is 5.97 Å². The molecule has 2 aliphatic rings. The average Bonchev–Trinajstić information content (AvgIpc) is 2.47. The van der Waals surface area contributed by atoms with Gasteiger partial charge in [-0.15, -0.1) is 0 Å². The number of halogens is 1. The van der Waals surface area contributed by atoms with E-state index < -0.39 is 5.97 Å². The average molecular weight is 249 g/mol. The molecule has 0 spiro atoms. The first-order chi connectivity index (χ1) is 8.11. The highest BCUT2D eigenvalue weighted by Gasteiger charge is 2.16. The quantitative estimate of drug-likeness (QED) is 0.606. The van der Waals surface area contributed by atoms with Crippen LogP contribution in [0.5, 0.6) is 5.75 Å². The van der Waals surface area contributed by atoms with Gasteiger partial charge in [0.05, 0.1) is 0 Å². The van der Waals surface area contributed by atoms with Crippen molar-refractivity contribution in [2.45, 2.75) is 6.92 Å². The molecule has 2 aliphatic carbocycles. The number of aldehydes is 1. The van der Waals surface area contributed by atoms with Gasteiger partial charge in [-0.05, 0) is 29.8 Å². The summed E-state index contributed by atoms with van der Waals surface area (Å²) in [6.45, 7) is 1.31. The molecule has 0 saturated heterocycles. The summed E-state index contributed by atoms with van der Waals surface area (Å²) in [5.41, 5.74) is 1.88. The van der Waals surface area contributed by atoms with Crippen molar-refractivity contribution in [1.82, 2.24) is 0 Å². The Morgan fingerprint density at radius 2 is 1.88 bits per heavy atom. The van der Waals surface area contributed by atoms with Crippen LogP contribution in [0.4, 0.5) is 0 Å². The monoisotopic (exact) mass is 248 g/mol. The molecule has 0 bridgehead atoms. The van der Waals surface area contributed by atoms with Crippen LogP contribution in [0.15, 0.2) is 30.3 Å². The Hall–Kier alpha value is -1.87. The number of carbonyl (C=O) groups is 2. The molecule has 0 aromatic rings. The van der Waals surface area contributed by atoms with Crippen molar-refractivity contribution in [2.75, 3.05) is 0 Å². The Morgan fingerprint density at radius 3 is 2.47 bits per heavy atom. The van der Waals surface area contributed by atoms with Crippen molar-refractivity contribution in [3.05, 3.63) is 40.9 Å². The van der Waals surface area contributed by atoms with Crippen LogP contribution in [0, 0.1) is 0 Å². The van der Waals surface area contributed by atoms with E-state index in [2.05, 4.69) is 0 Å². The van der Waals surface area contributed by atoms with E-state index in [9.17, 15) is 9.59 Å². The number of fused-ring (bicyclic) bond motifs is 1. The molecule has 0 aromatic heterocycles. The highest BCUT2D eigenvalue weighted by molar-refractivity contribution is 6.30. The van der Waals surface area contributed by atoms with E-state index in [0.29, 0.717) is 27.5 Å². The molecule has 0 N–H and O–H groups in total. The first-order valence-corrected chi connectivity index (χ1v) is 5.35. The fourth-order valence-electron chi connectivity index (χ4n) is 1.66. The Labute approximate surface area is 103 Å². The molecule has 0 amide bonds. The molecule has 0 fully saturated rings. The fraction of sp³-hybridized carbons (Fsp3) is 0.0769. The maximum Gasteiger partial charge on any atom is 0.308 e. The Morgan fingerprint density at radius 1 is 1.24 bits per heavy atom. The molecule has 17 heavy (non-hydrogen) atoms. The van der Waals surface area contributed by atoms with E-state index in [-0.39, 0.29) is 0 Å². The predicted octanol–water partition coefficient (Wildman–Crippen LogP) is 3.18. The molecule has 2 rings (SSSR count). The summed E-state index contributed by atoms with van der Waals surface area (Å²) in [4.78, 5) is 21.9. The zero-order chi connectivity index (χ0) is 12.4. The second-order valence-electron chi connectivity index (χ2n) is 3.55. The smallest absolute Gasteiger partial charge is 0.308 e. The van der Waals surface area contributed by atoms with Crippen molar-refractivity contribution < 1.29 is 14.3 Å². The van der Waals surface area contributed by atoms with Gasteiger partial charge in [0.15, 0.2) is 6.29 Å². The molecule has 4 heteroatoms. The Kier molecular flexibility index (Phi) is 3.11. The zero-order valence-electron chi connectivity index (χ0n) is 9.07. The zero-order valence-corrected chi connectivity index (χ0v) is 9.82. The summed E-state index contributed by atoms with van der Waals surface area (Å²) < 4.78 is 5.05. The molecular formula is C13H9ClO3. The lowest BCUT2D eigenvalue weighted by molar-refractivity contribution is -0.131. The van der Waals surface area contributed by atoms with Gasteiger partial charge in [-0.2, -0.15) is 0 Å². The third-order valence-corrected chi connectivity index (χ3v) is 2.60. The fourth-order valence-corrected chi connectivity index (χ4v) is 1.79. The number of esters is 1. The minimum absolute atomic E-state index is 0.377. The number of carbonyl (C=O) groups excluding carboxylic acids is 2. The maximum atomic E-state index is 11.0. The van der Waals surface area contributed by atoms with Crippen LogP contribution < -0.4 is 4.74 Å². The van der Waals surface area contributed by atoms with E-state index in [4.69, 9.17) is 16.3 Å². The molecule has 86 valence electrons. The summed E-state index contributed by atoms with van der Waals surface area (Å²) in [6.07, 6.45) is 0.725.